The second-order valence-electron chi connectivity index (χ2n) is 4.48. The van der Waals surface area contributed by atoms with E-state index in [1.165, 1.54) is 6.92 Å². The standard InChI is InChI=1S/C17H16O3/c1-3-17(19)14-6-10-16(11-7-14)20-15-8-4-13(5-9-15)12(2)18/h4-11H,3H2,1-2H3. The highest BCUT2D eigenvalue weighted by molar-refractivity contribution is 5.96. The number of Topliss-reactive ketones (excluding diaryl/α,β-unsaturated/α-hetero) is 2. The third-order valence-electron chi connectivity index (χ3n) is 2.99. The third kappa shape index (κ3) is 3.32. The monoisotopic (exact) mass is 268 g/mol. The number of hydrogen-bond acceptors (Lipinski definition) is 3. The first-order chi connectivity index (χ1) is 9.60. The van der Waals surface area contributed by atoms with Gasteiger partial charge in [0.25, 0.3) is 0 Å². The highest BCUT2D eigenvalue weighted by Gasteiger charge is 2.04. The maximum Gasteiger partial charge on any atom is 0.162 e. The summed E-state index contributed by atoms with van der Waals surface area (Å²) in [6, 6.07) is 14.0. The molecule has 102 valence electrons. The van der Waals surface area contributed by atoms with Crippen LogP contribution in [-0.2, 0) is 0 Å². The highest BCUT2D eigenvalue weighted by Crippen LogP contribution is 2.22. The van der Waals surface area contributed by atoms with Crippen LogP contribution in [0.25, 0.3) is 0 Å². The summed E-state index contributed by atoms with van der Waals surface area (Å²) in [5.41, 5.74) is 1.34. The Morgan fingerprint density at radius 1 is 0.850 bits per heavy atom. The number of hydrogen-bond donors (Lipinski definition) is 0. The first kappa shape index (κ1) is 14.0. The molecule has 0 aliphatic carbocycles. The van der Waals surface area contributed by atoms with Crippen LogP contribution in [0, 0.1) is 0 Å². The molecule has 0 aliphatic heterocycles. The zero-order chi connectivity index (χ0) is 14.5. The molecular weight excluding hydrogens is 252 g/mol. The lowest BCUT2D eigenvalue weighted by atomic mass is 10.1. The maximum absolute atomic E-state index is 11.5. The molecule has 0 unspecified atom stereocenters. The number of rotatable bonds is 5. The summed E-state index contributed by atoms with van der Waals surface area (Å²) in [5.74, 6) is 1.46. The predicted molar refractivity (Wildman–Crippen MR) is 77.6 cm³/mol. The van der Waals surface area contributed by atoms with E-state index in [4.69, 9.17) is 4.74 Å². The van der Waals surface area contributed by atoms with Gasteiger partial charge >= 0.3 is 0 Å². The molecule has 0 saturated heterocycles. The Labute approximate surface area is 118 Å². The largest absolute Gasteiger partial charge is 0.457 e. The lowest BCUT2D eigenvalue weighted by molar-refractivity contribution is 0.0986. The molecule has 0 heterocycles. The van der Waals surface area contributed by atoms with Crippen LogP contribution in [0.3, 0.4) is 0 Å². The van der Waals surface area contributed by atoms with Crippen molar-refractivity contribution in [1.82, 2.24) is 0 Å². The number of benzene rings is 2. The van der Waals surface area contributed by atoms with E-state index in [-0.39, 0.29) is 11.6 Å². The van der Waals surface area contributed by atoms with Crippen molar-refractivity contribution >= 4 is 11.6 Å². The van der Waals surface area contributed by atoms with E-state index in [0.717, 1.165) is 0 Å². The van der Waals surface area contributed by atoms with E-state index in [1.807, 2.05) is 6.92 Å². The van der Waals surface area contributed by atoms with E-state index < -0.39 is 0 Å². The Balaban J connectivity index is 2.10. The minimum atomic E-state index is 0.0268. The van der Waals surface area contributed by atoms with Crippen LogP contribution >= 0.6 is 0 Å². The SMILES string of the molecule is CCC(=O)c1ccc(Oc2ccc(C(C)=O)cc2)cc1. The van der Waals surface area contributed by atoms with E-state index in [2.05, 4.69) is 0 Å². The molecule has 0 N–H and O–H groups in total. The first-order valence-electron chi connectivity index (χ1n) is 6.52. The second-order valence-corrected chi connectivity index (χ2v) is 4.48. The zero-order valence-electron chi connectivity index (χ0n) is 11.6. The van der Waals surface area contributed by atoms with Gasteiger partial charge in [-0.05, 0) is 55.5 Å². The van der Waals surface area contributed by atoms with Crippen molar-refractivity contribution in [3.63, 3.8) is 0 Å². The Morgan fingerprint density at radius 3 is 1.70 bits per heavy atom. The molecule has 0 aromatic heterocycles. The van der Waals surface area contributed by atoms with Gasteiger partial charge in [-0.15, -0.1) is 0 Å². The quantitative estimate of drug-likeness (QED) is 0.760. The van der Waals surface area contributed by atoms with Gasteiger partial charge in [-0.1, -0.05) is 6.92 Å². The molecule has 0 fully saturated rings. The van der Waals surface area contributed by atoms with Gasteiger partial charge in [0.05, 0.1) is 0 Å². The van der Waals surface area contributed by atoms with Crippen molar-refractivity contribution in [2.24, 2.45) is 0 Å². The summed E-state index contributed by atoms with van der Waals surface area (Å²) in [6.07, 6.45) is 0.493. The fourth-order valence-corrected chi connectivity index (χ4v) is 1.81. The molecular formula is C17H16O3. The van der Waals surface area contributed by atoms with E-state index in [0.29, 0.717) is 29.0 Å². The molecule has 0 bridgehead atoms. The van der Waals surface area contributed by atoms with Crippen molar-refractivity contribution in [3.8, 4) is 11.5 Å². The minimum Gasteiger partial charge on any atom is -0.457 e. The molecule has 0 radical (unpaired) electrons. The van der Waals surface area contributed by atoms with Gasteiger partial charge in [0.15, 0.2) is 11.6 Å². The van der Waals surface area contributed by atoms with E-state index in [1.54, 1.807) is 48.5 Å². The van der Waals surface area contributed by atoms with Crippen LogP contribution in [0.4, 0.5) is 0 Å². The number of ether oxygens (including phenoxy) is 1. The van der Waals surface area contributed by atoms with E-state index in [9.17, 15) is 9.59 Å². The molecule has 2 aromatic rings. The summed E-state index contributed by atoms with van der Waals surface area (Å²) < 4.78 is 5.66. The molecule has 20 heavy (non-hydrogen) atoms. The Hall–Kier alpha value is -2.42. The molecule has 0 atom stereocenters. The molecule has 0 saturated carbocycles. The van der Waals surface area contributed by atoms with Gasteiger partial charge in [-0.2, -0.15) is 0 Å². The third-order valence-corrected chi connectivity index (χ3v) is 2.99. The van der Waals surface area contributed by atoms with Crippen molar-refractivity contribution in [3.05, 3.63) is 59.7 Å². The zero-order valence-corrected chi connectivity index (χ0v) is 11.6. The van der Waals surface area contributed by atoms with Crippen LogP contribution in [0.5, 0.6) is 11.5 Å². The minimum absolute atomic E-state index is 0.0268. The summed E-state index contributed by atoms with van der Waals surface area (Å²) >= 11 is 0. The molecule has 3 nitrogen and oxygen atoms in total. The van der Waals surface area contributed by atoms with Gasteiger partial charge in [0.1, 0.15) is 11.5 Å². The van der Waals surface area contributed by atoms with Gasteiger partial charge in [-0.25, -0.2) is 0 Å². The topological polar surface area (TPSA) is 43.4 Å². The fourth-order valence-electron chi connectivity index (χ4n) is 1.81. The molecule has 2 aromatic carbocycles. The average Bonchev–Trinajstić information content (AvgIpc) is 2.48. The molecule has 0 aliphatic rings. The van der Waals surface area contributed by atoms with Crippen molar-refractivity contribution < 1.29 is 14.3 Å². The first-order valence-corrected chi connectivity index (χ1v) is 6.52. The summed E-state index contributed by atoms with van der Waals surface area (Å²) in [6.45, 7) is 3.36. The lowest BCUT2D eigenvalue weighted by Crippen LogP contribution is -1.96. The van der Waals surface area contributed by atoms with Crippen LogP contribution in [0.15, 0.2) is 48.5 Å². The Kier molecular flexibility index (Phi) is 4.31. The highest BCUT2D eigenvalue weighted by atomic mass is 16.5. The van der Waals surface area contributed by atoms with Crippen LogP contribution < -0.4 is 4.74 Å². The number of ketones is 2. The van der Waals surface area contributed by atoms with Gasteiger partial charge in [0.2, 0.25) is 0 Å². The molecule has 0 spiro atoms. The van der Waals surface area contributed by atoms with Gasteiger partial charge < -0.3 is 4.74 Å². The molecule has 3 heteroatoms. The predicted octanol–water partition coefficient (Wildman–Crippen LogP) is 4.27. The number of carbonyl (C=O) groups excluding carboxylic acids is 2. The van der Waals surface area contributed by atoms with Crippen molar-refractivity contribution in [2.45, 2.75) is 20.3 Å². The Bertz CT molecular complexity index is 610. The van der Waals surface area contributed by atoms with Crippen LogP contribution in [-0.4, -0.2) is 11.6 Å². The fraction of sp³-hybridized carbons (Fsp3) is 0.176. The lowest BCUT2D eigenvalue weighted by Gasteiger charge is -2.06. The summed E-state index contributed by atoms with van der Waals surface area (Å²) in [7, 11) is 0. The number of carbonyl (C=O) groups is 2. The maximum atomic E-state index is 11.5. The average molecular weight is 268 g/mol. The van der Waals surface area contributed by atoms with Gasteiger partial charge in [0, 0.05) is 17.5 Å². The van der Waals surface area contributed by atoms with Crippen molar-refractivity contribution in [2.75, 3.05) is 0 Å². The molecule has 2 rings (SSSR count). The smallest absolute Gasteiger partial charge is 0.162 e. The second kappa shape index (κ2) is 6.15. The van der Waals surface area contributed by atoms with E-state index >= 15 is 0 Å². The summed E-state index contributed by atoms with van der Waals surface area (Å²) in [4.78, 5) is 22.7. The van der Waals surface area contributed by atoms with Crippen molar-refractivity contribution in [1.29, 1.82) is 0 Å². The molecule has 0 amide bonds. The van der Waals surface area contributed by atoms with Crippen LogP contribution in [0.1, 0.15) is 41.0 Å². The normalized spacial score (nSPS) is 10.1. The Morgan fingerprint density at radius 2 is 1.30 bits per heavy atom. The van der Waals surface area contributed by atoms with Crippen LogP contribution in [0.2, 0.25) is 0 Å². The van der Waals surface area contributed by atoms with Gasteiger partial charge in [-0.3, -0.25) is 9.59 Å². The summed E-state index contributed by atoms with van der Waals surface area (Å²) in [5, 5.41) is 0.